The molecule has 1 unspecified atom stereocenters. The van der Waals surface area contributed by atoms with E-state index in [2.05, 4.69) is 27.0 Å². The Morgan fingerprint density at radius 1 is 0.900 bits per heavy atom. The molecular weight excluding hydrogens is 382 g/mol. The van der Waals surface area contributed by atoms with Crippen LogP contribution in [0.3, 0.4) is 0 Å². The summed E-state index contributed by atoms with van der Waals surface area (Å²) in [5.74, 6) is 3.88. The number of hydrogen-bond acceptors (Lipinski definition) is 7. The van der Waals surface area contributed by atoms with E-state index in [1.165, 1.54) is 5.56 Å². The Hall–Kier alpha value is -3.22. The Morgan fingerprint density at radius 3 is 2.33 bits per heavy atom. The molecule has 3 aromatic rings. The summed E-state index contributed by atoms with van der Waals surface area (Å²) in [5.41, 5.74) is 2.03. The van der Waals surface area contributed by atoms with Crippen LogP contribution in [0.25, 0.3) is 10.9 Å². The second-order valence-electron chi connectivity index (χ2n) is 7.30. The number of rotatable bonds is 6. The second-order valence-corrected chi connectivity index (χ2v) is 7.30. The minimum absolute atomic E-state index is 0.428. The summed E-state index contributed by atoms with van der Waals surface area (Å²) < 4.78 is 22.0. The van der Waals surface area contributed by atoms with Crippen LogP contribution < -0.4 is 23.8 Å². The lowest BCUT2D eigenvalue weighted by molar-refractivity contribution is 0.327. The number of piperidine rings is 1. The van der Waals surface area contributed by atoms with Crippen LogP contribution in [0.2, 0.25) is 0 Å². The van der Waals surface area contributed by atoms with Crippen LogP contribution in [0.1, 0.15) is 24.3 Å². The topological polar surface area (TPSA) is 65.9 Å². The smallest absolute Gasteiger partial charge is 0.205 e. The number of benzene rings is 2. The van der Waals surface area contributed by atoms with Gasteiger partial charge < -0.3 is 23.8 Å². The van der Waals surface area contributed by atoms with Gasteiger partial charge in [0.25, 0.3) is 0 Å². The third kappa shape index (κ3) is 3.56. The second kappa shape index (κ2) is 8.65. The summed E-state index contributed by atoms with van der Waals surface area (Å²) >= 11 is 0. The molecule has 2 aromatic carbocycles. The Morgan fingerprint density at radius 2 is 1.67 bits per heavy atom. The van der Waals surface area contributed by atoms with Gasteiger partial charge in [-0.2, -0.15) is 0 Å². The number of nitrogens with zero attached hydrogens (tertiary/aromatic N) is 3. The van der Waals surface area contributed by atoms with Crippen LogP contribution in [0.15, 0.2) is 36.7 Å². The average Bonchev–Trinajstić information content (AvgIpc) is 2.82. The summed E-state index contributed by atoms with van der Waals surface area (Å²) in [6.45, 7) is 1.82. The lowest BCUT2D eigenvalue weighted by Crippen LogP contribution is -2.35. The molecule has 1 saturated heterocycles. The van der Waals surface area contributed by atoms with Crippen molar-refractivity contribution in [2.45, 2.75) is 18.8 Å². The molecule has 1 fully saturated rings. The Bertz CT molecular complexity index is 1020. The monoisotopic (exact) mass is 409 g/mol. The fraction of sp³-hybridized carbons (Fsp3) is 0.391. The Labute approximate surface area is 176 Å². The van der Waals surface area contributed by atoms with Crippen LogP contribution in [-0.2, 0) is 0 Å². The zero-order valence-corrected chi connectivity index (χ0v) is 17.8. The first kappa shape index (κ1) is 20.1. The molecule has 0 aliphatic carbocycles. The first-order valence-electron chi connectivity index (χ1n) is 10.0. The number of anilines is 1. The van der Waals surface area contributed by atoms with Crippen molar-refractivity contribution >= 4 is 16.7 Å². The van der Waals surface area contributed by atoms with Crippen molar-refractivity contribution in [1.82, 2.24) is 9.97 Å². The van der Waals surface area contributed by atoms with Gasteiger partial charge in [-0.05, 0) is 36.6 Å². The first-order valence-corrected chi connectivity index (χ1v) is 10.0. The van der Waals surface area contributed by atoms with E-state index in [0.717, 1.165) is 42.9 Å². The minimum atomic E-state index is 0.428. The largest absolute Gasteiger partial charge is 0.497 e. The molecule has 0 spiro atoms. The highest BCUT2D eigenvalue weighted by atomic mass is 16.5. The van der Waals surface area contributed by atoms with Gasteiger partial charge in [-0.3, -0.25) is 0 Å². The molecule has 1 aliphatic rings. The molecule has 1 aromatic heterocycles. The van der Waals surface area contributed by atoms with Gasteiger partial charge in [0.15, 0.2) is 11.5 Å². The Kier molecular flexibility index (Phi) is 5.79. The molecule has 0 bridgehead atoms. The van der Waals surface area contributed by atoms with Crippen LogP contribution in [-0.4, -0.2) is 51.5 Å². The lowest BCUT2D eigenvalue weighted by Gasteiger charge is -2.34. The number of fused-ring (bicyclic) bond motifs is 1. The van der Waals surface area contributed by atoms with Crippen molar-refractivity contribution in [3.05, 3.63) is 42.2 Å². The van der Waals surface area contributed by atoms with Crippen LogP contribution in [0.5, 0.6) is 23.0 Å². The van der Waals surface area contributed by atoms with E-state index >= 15 is 0 Å². The molecule has 7 heteroatoms. The average molecular weight is 409 g/mol. The van der Waals surface area contributed by atoms with Crippen molar-refractivity contribution in [1.29, 1.82) is 0 Å². The van der Waals surface area contributed by atoms with Gasteiger partial charge in [-0.25, -0.2) is 9.97 Å². The van der Waals surface area contributed by atoms with Crippen LogP contribution in [0, 0.1) is 0 Å². The predicted octanol–water partition coefficient (Wildman–Crippen LogP) is 4.05. The maximum atomic E-state index is 5.62. The van der Waals surface area contributed by atoms with Gasteiger partial charge in [-0.15, -0.1) is 0 Å². The minimum Gasteiger partial charge on any atom is -0.497 e. The van der Waals surface area contributed by atoms with Crippen LogP contribution >= 0.6 is 0 Å². The molecule has 0 radical (unpaired) electrons. The summed E-state index contributed by atoms with van der Waals surface area (Å²) in [6.07, 6.45) is 3.82. The number of aromatic nitrogens is 2. The summed E-state index contributed by atoms with van der Waals surface area (Å²) in [7, 11) is 6.51. The molecular formula is C23H27N3O4. The molecule has 158 valence electrons. The number of ether oxygens (including phenoxy) is 4. The molecule has 30 heavy (non-hydrogen) atoms. The zero-order chi connectivity index (χ0) is 21.1. The highest BCUT2D eigenvalue weighted by Gasteiger charge is 2.26. The summed E-state index contributed by atoms with van der Waals surface area (Å²) in [4.78, 5) is 11.4. The highest BCUT2D eigenvalue weighted by Crippen LogP contribution is 2.45. The maximum Gasteiger partial charge on any atom is 0.205 e. The van der Waals surface area contributed by atoms with E-state index in [0.29, 0.717) is 28.7 Å². The molecule has 0 saturated carbocycles. The summed E-state index contributed by atoms with van der Waals surface area (Å²) in [6, 6.07) is 10.3. The SMILES string of the molecule is COc1ccc(C2CCCN(c3ncnc4c(OC)c(OC)c(OC)cc34)C2)cc1. The van der Waals surface area contributed by atoms with E-state index in [1.54, 1.807) is 34.8 Å². The van der Waals surface area contributed by atoms with Crippen LogP contribution in [0.4, 0.5) is 5.82 Å². The fourth-order valence-corrected chi connectivity index (χ4v) is 4.22. The molecule has 1 aliphatic heterocycles. The third-order valence-corrected chi connectivity index (χ3v) is 5.72. The van der Waals surface area contributed by atoms with Crippen molar-refractivity contribution in [2.24, 2.45) is 0 Å². The van der Waals surface area contributed by atoms with E-state index in [9.17, 15) is 0 Å². The normalized spacial score (nSPS) is 16.4. The van der Waals surface area contributed by atoms with Crippen molar-refractivity contribution in [3.63, 3.8) is 0 Å². The van der Waals surface area contributed by atoms with Crippen molar-refractivity contribution in [2.75, 3.05) is 46.4 Å². The van der Waals surface area contributed by atoms with E-state index < -0.39 is 0 Å². The summed E-state index contributed by atoms with van der Waals surface area (Å²) in [5, 5.41) is 0.891. The van der Waals surface area contributed by atoms with E-state index in [4.69, 9.17) is 18.9 Å². The first-order chi connectivity index (χ1) is 14.7. The predicted molar refractivity (Wildman–Crippen MR) is 116 cm³/mol. The van der Waals surface area contributed by atoms with Gasteiger partial charge >= 0.3 is 0 Å². The van der Waals surface area contributed by atoms with Gasteiger partial charge in [0.1, 0.15) is 23.4 Å². The molecule has 0 amide bonds. The Balaban J connectivity index is 1.73. The number of methoxy groups -OCH3 is 4. The standard InChI is InChI=1S/C23H27N3O4/c1-27-17-9-7-15(8-10-17)16-6-5-11-26(13-16)23-18-12-19(28-2)21(29-3)22(30-4)20(18)24-14-25-23/h7-10,12,14,16H,5-6,11,13H2,1-4H3. The van der Waals surface area contributed by atoms with Gasteiger partial charge in [-0.1, -0.05) is 12.1 Å². The molecule has 4 rings (SSSR count). The maximum absolute atomic E-state index is 5.62. The molecule has 7 nitrogen and oxygen atoms in total. The lowest BCUT2D eigenvalue weighted by atomic mass is 9.90. The molecule has 0 N–H and O–H groups in total. The quantitative estimate of drug-likeness (QED) is 0.608. The zero-order valence-electron chi connectivity index (χ0n) is 17.8. The fourth-order valence-electron chi connectivity index (χ4n) is 4.22. The molecule has 1 atom stereocenters. The van der Waals surface area contributed by atoms with Gasteiger partial charge in [0.2, 0.25) is 5.75 Å². The van der Waals surface area contributed by atoms with Gasteiger partial charge in [0, 0.05) is 19.0 Å². The molecule has 2 heterocycles. The van der Waals surface area contributed by atoms with E-state index in [1.807, 2.05) is 18.2 Å². The highest BCUT2D eigenvalue weighted by molar-refractivity contribution is 5.97. The number of hydrogen-bond donors (Lipinski definition) is 0. The van der Waals surface area contributed by atoms with Crippen molar-refractivity contribution in [3.8, 4) is 23.0 Å². The van der Waals surface area contributed by atoms with E-state index in [-0.39, 0.29) is 0 Å². The van der Waals surface area contributed by atoms with Crippen molar-refractivity contribution < 1.29 is 18.9 Å². The van der Waals surface area contributed by atoms with Gasteiger partial charge in [0.05, 0.1) is 33.8 Å². The third-order valence-electron chi connectivity index (χ3n) is 5.72.